The maximum absolute atomic E-state index is 11.6. The maximum atomic E-state index is 11.6. The van der Waals surface area contributed by atoms with Gasteiger partial charge in [-0.05, 0) is 13.8 Å². The summed E-state index contributed by atoms with van der Waals surface area (Å²) < 4.78 is 0. The number of nitrogens with one attached hydrogen (secondary N) is 2. The first-order valence-electron chi connectivity index (χ1n) is 5.43. The lowest BCUT2D eigenvalue weighted by Crippen LogP contribution is -2.48. The number of likely N-dealkylation sites (N-methyl/N-ethyl adjacent to an activating group) is 1. The molecule has 1 unspecified atom stereocenters. The molecule has 0 radical (unpaired) electrons. The van der Waals surface area contributed by atoms with Gasteiger partial charge in [-0.2, -0.15) is 0 Å². The zero-order chi connectivity index (χ0) is 13.4. The Labute approximate surface area is 101 Å². The van der Waals surface area contributed by atoms with Gasteiger partial charge in [-0.3, -0.25) is 14.4 Å². The van der Waals surface area contributed by atoms with Crippen LogP contribution in [0.3, 0.4) is 0 Å². The van der Waals surface area contributed by atoms with E-state index in [9.17, 15) is 14.4 Å². The Kier molecular flexibility index (Phi) is 6.88. The van der Waals surface area contributed by atoms with Crippen LogP contribution in [0.15, 0.2) is 0 Å². The number of nitrogens with two attached hydrogens (primary N) is 1. The summed E-state index contributed by atoms with van der Waals surface area (Å²) in [5.41, 5.74) is 5.06. The summed E-state index contributed by atoms with van der Waals surface area (Å²) >= 11 is 0. The van der Waals surface area contributed by atoms with Crippen molar-refractivity contribution < 1.29 is 14.4 Å². The highest BCUT2D eigenvalue weighted by molar-refractivity contribution is 5.90. The summed E-state index contributed by atoms with van der Waals surface area (Å²) in [4.78, 5) is 35.3. The Morgan fingerprint density at radius 2 is 1.88 bits per heavy atom. The molecule has 0 bridgehead atoms. The first-order chi connectivity index (χ1) is 7.92. The van der Waals surface area contributed by atoms with Crippen molar-refractivity contribution in [2.75, 3.05) is 26.7 Å². The normalized spacial score (nSPS) is 11.5. The first-order valence-corrected chi connectivity index (χ1v) is 5.43. The summed E-state index contributed by atoms with van der Waals surface area (Å²) in [6, 6.07) is -0.609. The third-order valence-corrected chi connectivity index (χ3v) is 2.23. The average Bonchev–Trinajstić information content (AvgIpc) is 2.33. The molecule has 0 aliphatic carbocycles. The Morgan fingerprint density at radius 3 is 2.35 bits per heavy atom. The van der Waals surface area contributed by atoms with Crippen LogP contribution in [-0.2, 0) is 14.4 Å². The minimum absolute atomic E-state index is 0.166. The largest absolute Gasteiger partial charge is 0.346 e. The molecule has 7 nitrogen and oxygen atoms in total. The number of carbonyl (C=O) groups excluding carboxylic acids is 3. The minimum atomic E-state index is -0.609. The Morgan fingerprint density at radius 1 is 1.29 bits per heavy atom. The second-order valence-electron chi connectivity index (χ2n) is 3.62. The Balaban J connectivity index is 4.03. The van der Waals surface area contributed by atoms with Crippen molar-refractivity contribution >= 4 is 17.7 Å². The van der Waals surface area contributed by atoms with E-state index in [-0.39, 0.29) is 19.0 Å². The van der Waals surface area contributed by atoms with Crippen molar-refractivity contribution in [1.29, 1.82) is 0 Å². The van der Waals surface area contributed by atoms with Gasteiger partial charge in [-0.15, -0.1) is 0 Å². The molecular formula is C10H20N4O3. The monoisotopic (exact) mass is 244 g/mol. The lowest BCUT2D eigenvalue weighted by Gasteiger charge is -2.20. The molecule has 0 spiro atoms. The van der Waals surface area contributed by atoms with Crippen LogP contribution >= 0.6 is 0 Å². The molecule has 4 N–H and O–H groups in total. The quantitative estimate of drug-likeness (QED) is 0.505. The number of hydrogen-bond donors (Lipinski definition) is 3. The van der Waals surface area contributed by atoms with Gasteiger partial charge in [0, 0.05) is 13.6 Å². The van der Waals surface area contributed by atoms with Crippen molar-refractivity contribution in [1.82, 2.24) is 15.5 Å². The molecule has 17 heavy (non-hydrogen) atoms. The molecule has 0 fully saturated rings. The fourth-order valence-electron chi connectivity index (χ4n) is 1.09. The molecule has 98 valence electrons. The number of hydrogen-bond acceptors (Lipinski definition) is 4. The highest BCUT2D eigenvalue weighted by atomic mass is 16.2. The standard InChI is InChI=1S/C10H20N4O3/c1-4-14(3)10(17)7(2)13-9(16)6-12-8(15)5-11/h7H,4-6,11H2,1-3H3,(H,12,15)(H,13,16). The summed E-state index contributed by atoms with van der Waals surface area (Å²) in [7, 11) is 1.65. The second-order valence-corrected chi connectivity index (χ2v) is 3.62. The van der Waals surface area contributed by atoms with E-state index in [2.05, 4.69) is 10.6 Å². The Bertz CT molecular complexity index is 293. The van der Waals surface area contributed by atoms with E-state index in [0.29, 0.717) is 6.54 Å². The van der Waals surface area contributed by atoms with E-state index in [1.165, 1.54) is 4.90 Å². The van der Waals surface area contributed by atoms with Crippen molar-refractivity contribution in [3.63, 3.8) is 0 Å². The zero-order valence-electron chi connectivity index (χ0n) is 10.4. The number of carbonyl (C=O) groups is 3. The van der Waals surface area contributed by atoms with Gasteiger partial charge in [0.1, 0.15) is 6.04 Å². The van der Waals surface area contributed by atoms with E-state index in [1.807, 2.05) is 6.92 Å². The SMILES string of the molecule is CCN(C)C(=O)C(C)NC(=O)CNC(=O)CN. The predicted octanol–water partition coefficient (Wildman–Crippen LogP) is -1.96. The molecule has 0 aliphatic rings. The van der Waals surface area contributed by atoms with Crippen LogP contribution in [0.4, 0.5) is 0 Å². The van der Waals surface area contributed by atoms with E-state index >= 15 is 0 Å². The molecule has 0 saturated carbocycles. The Hall–Kier alpha value is -1.63. The average molecular weight is 244 g/mol. The smallest absolute Gasteiger partial charge is 0.244 e. The summed E-state index contributed by atoms with van der Waals surface area (Å²) in [5, 5.41) is 4.81. The lowest BCUT2D eigenvalue weighted by molar-refractivity contribution is -0.134. The van der Waals surface area contributed by atoms with Gasteiger partial charge in [0.05, 0.1) is 13.1 Å². The van der Waals surface area contributed by atoms with Gasteiger partial charge < -0.3 is 21.3 Å². The molecule has 1 atom stereocenters. The molecule has 0 aromatic heterocycles. The highest BCUT2D eigenvalue weighted by Crippen LogP contribution is 1.91. The maximum Gasteiger partial charge on any atom is 0.244 e. The van der Waals surface area contributed by atoms with E-state index in [4.69, 9.17) is 5.73 Å². The van der Waals surface area contributed by atoms with Crippen LogP contribution in [0.25, 0.3) is 0 Å². The number of rotatable bonds is 6. The van der Waals surface area contributed by atoms with Crippen LogP contribution in [0, 0.1) is 0 Å². The summed E-state index contributed by atoms with van der Waals surface area (Å²) in [6.07, 6.45) is 0. The molecule has 0 heterocycles. The molecule has 0 aromatic carbocycles. The van der Waals surface area contributed by atoms with Crippen LogP contribution in [0.1, 0.15) is 13.8 Å². The molecule has 3 amide bonds. The number of amides is 3. The zero-order valence-corrected chi connectivity index (χ0v) is 10.4. The van der Waals surface area contributed by atoms with Crippen molar-refractivity contribution in [3.8, 4) is 0 Å². The molecular weight excluding hydrogens is 224 g/mol. The van der Waals surface area contributed by atoms with Gasteiger partial charge in [0.15, 0.2) is 0 Å². The summed E-state index contributed by atoms with van der Waals surface area (Å²) in [5.74, 6) is -1.01. The molecule has 0 aromatic rings. The van der Waals surface area contributed by atoms with Crippen molar-refractivity contribution in [3.05, 3.63) is 0 Å². The van der Waals surface area contributed by atoms with Gasteiger partial charge in [0.2, 0.25) is 17.7 Å². The summed E-state index contributed by atoms with van der Waals surface area (Å²) in [6.45, 7) is 3.66. The van der Waals surface area contributed by atoms with Crippen molar-refractivity contribution in [2.24, 2.45) is 5.73 Å². The molecule has 0 saturated heterocycles. The van der Waals surface area contributed by atoms with Gasteiger partial charge in [-0.1, -0.05) is 0 Å². The van der Waals surface area contributed by atoms with Crippen molar-refractivity contribution in [2.45, 2.75) is 19.9 Å². The lowest BCUT2D eigenvalue weighted by atomic mass is 10.3. The third kappa shape index (κ3) is 5.86. The van der Waals surface area contributed by atoms with Crippen LogP contribution in [0.5, 0.6) is 0 Å². The van der Waals surface area contributed by atoms with Crippen LogP contribution in [0.2, 0.25) is 0 Å². The van der Waals surface area contributed by atoms with Crippen LogP contribution in [-0.4, -0.2) is 55.3 Å². The third-order valence-electron chi connectivity index (χ3n) is 2.23. The molecule has 0 aliphatic heterocycles. The van der Waals surface area contributed by atoms with E-state index in [1.54, 1.807) is 14.0 Å². The first kappa shape index (κ1) is 15.4. The predicted molar refractivity (Wildman–Crippen MR) is 63.0 cm³/mol. The van der Waals surface area contributed by atoms with Gasteiger partial charge >= 0.3 is 0 Å². The van der Waals surface area contributed by atoms with E-state index < -0.39 is 17.9 Å². The molecule has 7 heteroatoms. The second kappa shape index (κ2) is 7.61. The minimum Gasteiger partial charge on any atom is -0.346 e. The van der Waals surface area contributed by atoms with E-state index in [0.717, 1.165) is 0 Å². The van der Waals surface area contributed by atoms with Crippen LogP contribution < -0.4 is 16.4 Å². The highest BCUT2D eigenvalue weighted by Gasteiger charge is 2.18. The van der Waals surface area contributed by atoms with Gasteiger partial charge in [0.25, 0.3) is 0 Å². The van der Waals surface area contributed by atoms with Gasteiger partial charge in [-0.25, -0.2) is 0 Å². The molecule has 0 rings (SSSR count). The number of nitrogens with zero attached hydrogens (tertiary/aromatic N) is 1. The fraction of sp³-hybridized carbons (Fsp3) is 0.700. The fourth-order valence-corrected chi connectivity index (χ4v) is 1.09. The topological polar surface area (TPSA) is 105 Å².